The van der Waals surface area contributed by atoms with Crippen molar-refractivity contribution in [2.24, 2.45) is 5.92 Å². The zero-order valence-electron chi connectivity index (χ0n) is 14.0. The molecule has 1 N–H and O–H groups in total. The number of aromatic nitrogens is 3. The molecule has 6 heteroatoms. The van der Waals surface area contributed by atoms with Crippen molar-refractivity contribution in [1.82, 2.24) is 19.7 Å². The minimum atomic E-state index is 0.510. The van der Waals surface area contributed by atoms with Crippen LogP contribution in [0.15, 0.2) is 36.7 Å². The molecule has 0 aliphatic carbocycles. The van der Waals surface area contributed by atoms with E-state index in [0.717, 1.165) is 58.1 Å². The second kappa shape index (κ2) is 7.32. The average Bonchev–Trinajstić information content (AvgIpc) is 2.99. The zero-order valence-corrected chi connectivity index (χ0v) is 14.0. The molecule has 4 heterocycles. The van der Waals surface area contributed by atoms with E-state index < -0.39 is 0 Å². The Morgan fingerprint density at radius 2 is 2.04 bits per heavy atom. The van der Waals surface area contributed by atoms with Crippen molar-refractivity contribution in [2.45, 2.75) is 32.0 Å². The van der Waals surface area contributed by atoms with E-state index in [1.54, 1.807) is 0 Å². The van der Waals surface area contributed by atoms with Crippen LogP contribution in [0.1, 0.15) is 18.5 Å². The van der Waals surface area contributed by atoms with Gasteiger partial charge in [-0.25, -0.2) is 4.98 Å². The first-order valence-electron chi connectivity index (χ1n) is 8.86. The van der Waals surface area contributed by atoms with E-state index in [9.17, 15) is 0 Å². The maximum absolute atomic E-state index is 5.54. The lowest BCUT2D eigenvalue weighted by Crippen LogP contribution is -2.42. The summed E-state index contributed by atoms with van der Waals surface area (Å²) in [5.74, 6) is 1.45. The predicted molar refractivity (Wildman–Crippen MR) is 92.7 cm³/mol. The molecule has 0 saturated carbocycles. The second-order valence-electron chi connectivity index (χ2n) is 6.74. The first-order valence-corrected chi connectivity index (χ1v) is 8.86. The SMILES string of the molecule is c1ccc(NCC2CN(C3CCOCC3)Cc3ccnn3C2)nc1. The topological polar surface area (TPSA) is 55.2 Å². The van der Waals surface area contributed by atoms with E-state index in [1.165, 1.54) is 5.69 Å². The highest BCUT2D eigenvalue weighted by molar-refractivity contribution is 5.33. The van der Waals surface area contributed by atoms with Gasteiger partial charge in [0, 0.05) is 63.7 Å². The summed E-state index contributed by atoms with van der Waals surface area (Å²) in [6, 6.07) is 8.76. The number of rotatable bonds is 4. The van der Waals surface area contributed by atoms with E-state index in [-0.39, 0.29) is 0 Å². The molecule has 2 aliphatic rings. The number of nitrogens with one attached hydrogen (secondary N) is 1. The monoisotopic (exact) mass is 327 g/mol. The van der Waals surface area contributed by atoms with Crippen LogP contribution in [0.2, 0.25) is 0 Å². The Morgan fingerprint density at radius 1 is 1.12 bits per heavy atom. The van der Waals surface area contributed by atoms with Gasteiger partial charge in [0.15, 0.2) is 0 Å². The Balaban J connectivity index is 1.46. The van der Waals surface area contributed by atoms with Crippen LogP contribution in [0.25, 0.3) is 0 Å². The van der Waals surface area contributed by atoms with Gasteiger partial charge in [0.05, 0.1) is 5.69 Å². The summed E-state index contributed by atoms with van der Waals surface area (Å²) in [6.45, 7) is 5.73. The highest BCUT2D eigenvalue weighted by Crippen LogP contribution is 2.23. The molecule has 0 aromatic carbocycles. The van der Waals surface area contributed by atoms with Crippen LogP contribution in [0.5, 0.6) is 0 Å². The van der Waals surface area contributed by atoms with Crippen LogP contribution < -0.4 is 5.32 Å². The van der Waals surface area contributed by atoms with Gasteiger partial charge in [-0.2, -0.15) is 5.10 Å². The van der Waals surface area contributed by atoms with Crippen LogP contribution in [-0.2, 0) is 17.8 Å². The highest BCUT2D eigenvalue weighted by atomic mass is 16.5. The van der Waals surface area contributed by atoms with Gasteiger partial charge in [0.25, 0.3) is 0 Å². The molecule has 0 amide bonds. The summed E-state index contributed by atoms with van der Waals surface area (Å²) < 4.78 is 7.71. The lowest BCUT2D eigenvalue weighted by Gasteiger charge is -2.34. The molecular weight excluding hydrogens is 302 g/mol. The normalized spacial score (nSPS) is 22.8. The van der Waals surface area contributed by atoms with E-state index in [0.29, 0.717) is 12.0 Å². The third kappa shape index (κ3) is 3.60. The number of fused-ring (bicyclic) bond motifs is 1. The summed E-state index contributed by atoms with van der Waals surface area (Å²) in [4.78, 5) is 7.00. The molecule has 2 aromatic heterocycles. The Bertz CT molecular complexity index is 638. The van der Waals surface area contributed by atoms with Gasteiger partial charge in [0.1, 0.15) is 5.82 Å². The number of pyridine rings is 1. The molecule has 1 atom stereocenters. The van der Waals surface area contributed by atoms with Crippen molar-refractivity contribution in [3.05, 3.63) is 42.4 Å². The largest absolute Gasteiger partial charge is 0.381 e. The van der Waals surface area contributed by atoms with Crippen molar-refractivity contribution in [3.8, 4) is 0 Å². The van der Waals surface area contributed by atoms with Gasteiger partial charge < -0.3 is 10.1 Å². The minimum absolute atomic E-state index is 0.510. The molecule has 1 unspecified atom stereocenters. The molecule has 4 rings (SSSR count). The average molecular weight is 327 g/mol. The predicted octanol–water partition coefficient (Wildman–Crippen LogP) is 2.00. The smallest absolute Gasteiger partial charge is 0.125 e. The van der Waals surface area contributed by atoms with Crippen LogP contribution in [0, 0.1) is 5.92 Å². The quantitative estimate of drug-likeness (QED) is 0.931. The summed E-state index contributed by atoms with van der Waals surface area (Å²) in [5, 5.41) is 8.01. The molecule has 0 bridgehead atoms. The first-order chi connectivity index (χ1) is 11.9. The van der Waals surface area contributed by atoms with E-state index in [2.05, 4.69) is 31.0 Å². The van der Waals surface area contributed by atoms with Gasteiger partial charge in [-0.05, 0) is 31.0 Å². The third-order valence-electron chi connectivity index (χ3n) is 5.04. The Hall–Kier alpha value is -1.92. The van der Waals surface area contributed by atoms with Crippen molar-refractivity contribution >= 4 is 5.82 Å². The maximum atomic E-state index is 5.54. The van der Waals surface area contributed by atoms with E-state index in [1.807, 2.05) is 30.6 Å². The number of anilines is 1. The standard InChI is InChI=1S/C18H25N5O/c1-2-7-19-18(3-1)20-11-15-12-22(16-5-9-24-10-6-16)14-17-4-8-21-23(17)13-15/h1-4,7-8,15-16H,5-6,9-14H2,(H,19,20). The van der Waals surface area contributed by atoms with Gasteiger partial charge in [0.2, 0.25) is 0 Å². The van der Waals surface area contributed by atoms with Crippen LogP contribution >= 0.6 is 0 Å². The fraction of sp³-hybridized carbons (Fsp3) is 0.556. The lowest BCUT2D eigenvalue weighted by molar-refractivity contribution is 0.0270. The minimum Gasteiger partial charge on any atom is -0.381 e. The van der Waals surface area contributed by atoms with Crippen LogP contribution in [0.4, 0.5) is 5.82 Å². The molecule has 6 nitrogen and oxygen atoms in total. The molecule has 0 radical (unpaired) electrons. The Kier molecular flexibility index (Phi) is 4.76. The first kappa shape index (κ1) is 15.6. The van der Waals surface area contributed by atoms with Crippen molar-refractivity contribution in [2.75, 3.05) is 31.6 Å². The maximum Gasteiger partial charge on any atom is 0.125 e. The lowest BCUT2D eigenvalue weighted by atomic mass is 10.0. The molecule has 24 heavy (non-hydrogen) atoms. The number of nitrogens with zero attached hydrogens (tertiary/aromatic N) is 4. The number of ether oxygens (including phenoxy) is 1. The number of hydrogen-bond donors (Lipinski definition) is 1. The number of hydrogen-bond acceptors (Lipinski definition) is 5. The third-order valence-corrected chi connectivity index (χ3v) is 5.04. The molecule has 2 aliphatic heterocycles. The molecule has 2 aromatic rings. The van der Waals surface area contributed by atoms with Crippen LogP contribution in [-0.4, -0.2) is 52.0 Å². The van der Waals surface area contributed by atoms with Gasteiger partial charge in [-0.15, -0.1) is 0 Å². The van der Waals surface area contributed by atoms with Crippen molar-refractivity contribution < 1.29 is 4.74 Å². The summed E-state index contributed by atoms with van der Waals surface area (Å²) in [6.07, 6.45) is 6.02. The molecule has 128 valence electrons. The zero-order chi connectivity index (χ0) is 16.2. The van der Waals surface area contributed by atoms with E-state index in [4.69, 9.17) is 4.74 Å². The Labute approximate surface area is 142 Å². The molecule has 0 spiro atoms. The molecule has 1 saturated heterocycles. The summed E-state index contributed by atoms with van der Waals surface area (Å²) in [7, 11) is 0. The van der Waals surface area contributed by atoms with Crippen LogP contribution in [0.3, 0.4) is 0 Å². The second-order valence-corrected chi connectivity index (χ2v) is 6.74. The van der Waals surface area contributed by atoms with Crippen molar-refractivity contribution in [3.63, 3.8) is 0 Å². The fourth-order valence-corrected chi connectivity index (χ4v) is 3.74. The Morgan fingerprint density at radius 3 is 2.88 bits per heavy atom. The molecular formula is C18H25N5O. The van der Waals surface area contributed by atoms with Gasteiger partial charge in [-0.1, -0.05) is 6.07 Å². The van der Waals surface area contributed by atoms with Gasteiger partial charge in [-0.3, -0.25) is 9.58 Å². The molecule has 1 fully saturated rings. The fourth-order valence-electron chi connectivity index (χ4n) is 3.74. The highest BCUT2D eigenvalue weighted by Gasteiger charge is 2.28. The summed E-state index contributed by atoms with van der Waals surface area (Å²) in [5.41, 5.74) is 1.32. The van der Waals surface area contributed by atoms with Gasteiger partial charge >= 0.3 is 0 Å². The van der Waals surface area contributed by atoms with E-state index >= 15 is 0 Å². The van der Waals surface area contributed by atoms with Crippen molar-refractivity contribution in [1.29, 1.82) is 0 Å². The summed E-state index contributed by atoms with van der Waals surface area (Å²) >= 11 is 0.